The van der Waals surface area contributed by atoms with E-state index < -0.39 is 8.77 Å². The van der Waals surface area contributed by atoms with Gasteiger partial charge in [-0.25, -0.2) is 4.21 Å². The van der Waals surface area contributed by atoms with Gasteiger partial charge in [-0.2, -0.15) is 0 Å². The minimum absolute atomic E-state index is 0.339. The first kappa shape index (κ1) is 20.1. The van der Waals surface area contributed by atoms with Crippen molar-refractivity contribution in [3.05, 3.63) is 103 Å². The molecule has 1 aromatic heterocycles. The van der Waals surface area contributed by atoms with Crippen LogP contribution in [0, 0.1) is 0 Å². The van der Waals surface area contributed by atoms with Gasteiger partial charge in [0.15, 0.2) is 8.77 Å². The summed E-state index contributed by atoms with van der Waals surface area (Å²) in [6, 6.07) is 34.3. The largest absolute Gasteiger partial charge is 0.301 e. The molecule has 0 spiro atoms. The molecular weight excluding hydrogens is 440 g/mol. The van der Waals surface area contributed by atoms with Crippen LogP contribution >= 0.6 is 11.3 Å². The Balaban J connectivity index is 1.99. The van der Waals surface area contributed by atoms with Gasteiger partial charge in [-0.1, -0.05) is 97.1 Å². The fraction of sp³-hybridized carbons (Fsp3) is 0. The summed E-state index contributed by atoms with van der Waals surface area (Å²) in [5.41, 5.74) is 5.91. The van der Waals surface area contributed by atoms with E-state index in [2.05, 4.69) is 30.3 Å². The van der Waals surface area contributed by atoms with E-state index in [9.17, 15) is 8.76 Å². The summed E-state index contributed by atoms with van der Waals surface area (Å²) in [5, 5.41) is 0.963. The number of thiophene rings is 1. The van der Waals surface area contributed by atoms with Crippen LogP contribution in [0.2, 0.25) is 0 Å². The van der Waals surface area contributed by atoms with Gasteiger partial charge >= 0.3 is 0 Å². The fourth-order valence-corrected chi connectivity index (χ4v) is 6.67. The van der Waals surface area contributed by atoms with Crippen molar-refractivity contribution < 1.29 is 8.76 Å². The maximum Gasteiger partial charge on any atom is 0.181 e. The van der Waals surface area contributed by atoms with Crippen molar-refractivity contribution in [1.82, 2.24) is 0 Å². The molecule has 0 radical (unpaired) electrons. The molecule has 0 fully saturated rings. The van der Waals surface area contributed by atoms with Crippen LogP contribution in [-0.2, 0) is 20.0 Å². The Morgan fingerprint density at radius 2 is 1.13 bits per heavy atom. The first-order valence-electron chi connectivity index (χ1n) is 9.77. The van der Waals surface area contributed by atoms with Gasteiger partial charge in [0.25, 0.3) is 0 Å². The molecule has 1 heterocycles. The zero-order valence-corrected chi connectivity index (χ0v) is 18.8. The molecule has 1 N–H and O–H groups in total. The molecule has 4 aromatic carbocycles. The maximum absolute atomic E-state index is 12.7. The van der Waals surface area contributed by atoms with Crippen LogP contribution < -0.4 is 0 Å². The lowest BCUT2D eigenvalue weighted by molar-refractivity contribution is 0.564. The predicted octanol–water partition coefficient (Wildman–Crippen LogP) is 7.48. The van der Waals surface area contributed by atoms with E-state index >= 15 is 0 Å². The Labute approximate surface area is 190 Å². The molecule has 1 unspecified atom stereocenters. The fourth-order valence-electron chi connectivity index (χ4n) is 3.98. The second-order valence-electron chi connectivity index (χ2n) is 7.20. The van der Waals surface area contributed by atoms with Crippen LogP contribution in [0.15, 0.2) is 107 Å². The number of fused-ring (bicyclic) bond motifs is 1. The topological polar surface area (TPSA) is 37.3 Å². The average molecular weight is 459 g/mol. The third kappa shape index (κ3) is 3.70. The van der Waals surface area contributed by atoms with Gasteiger partial charge in [0.05, 0.1) is 0 Å². The van der Waals surface area contributed by atoms with Crippen LogP contribution in [-0.4, -0.2) is 8.76 Å². The normalized spacial score (nSPS) is 13.2. The first-order chi connectivity index (χ1) is 15.0. The number of hydrogen-bond donors (Lipinski definition) is 1. The van der Waals surface area contributed by atoms with Crippen LogP contribution in [0.3, 0.4) is 0 Å². The van der Waals surface area contributed by atoms with E-state index in [-0.39, 0.29) is 0 Å². The molecular formula is C26H18O2S3. The zero-order chi connectivity index (χ0) is 21.4. The smallest absolute Gasteiger partial charge is 0.181 e. The van der Waals surface area contributed by atoms with E-state index in [0.717, 1.165) is 43.5 Å². The van der Waals surface area contributed by atoms with Crippen molar-refractivity contribution in [2.45, 2.75) is 4.21 Å². The van der Waals surface area contributed by atoms with Crippen molar-refractivity contribution in [2.75, 3.05) is 0 Å². The Hall–Kier alpha value is -2.83. The number of hydrogen-bond acceptors (Lipinski definition) is 3. The van der Waals surface area contributed by atoms with Crippen molar-refractivity contribution in [3.63, 3.8) is 0 Å². The van der Waals surface area contributed by atoms with Crippen molar-refractivity contribution >= 4 is 41.4 Å². The molecule has 0 amide bonds. The Morgan fingerprint density at radius 3 is 1.65 bits per heavy atom. The first-order valence-corrected chi connectivity index (χ1v) is 13.0. The zero-order valence-electron chi connectivity index (χ0n) is 16.4. The van der Waals surface area contributed by atoms with Crippen LogP contribution in [0.5, 0.6) is 0 Å². The van der Waals surface area contributed by atoms with E-state index in [4.69, 9.17) is 11.2 Å². The minimum atomic E-state index is -3.57. The van der Waals surface area contributed by atoms with Gasteiger partial charge in [0, 0.05) is 26.8 Å². The molecule has 2 nitrogen and oxygen atoms in total. The third-order valence-electron chi connectivity index (χ3n) is 5.27. The van der Waals surface area contributed by atoms with Gasteiger partial charge in [-0.3, -0.25) is 0 Å². The van der Waals surface area contributed by atoms with Crippen LogP contribution in [0.25, 0.3) is 43.5 Å². The summed E-state index contributed by atoms with van der Waals surface area (Å²) in [5.74, 6) is 0. The summed E-state index contributed by atoms with van der Waals surface area (Å²) in [4.78, 5) is 0. The summed E-state index contributed by atoms with van der Waals surface area (Å²) in [6.07, 6.45) is 0. The molecule has 5 heteroatoms. The van der Waals surface area contributed by atoms with Gasteiger partial charge in [0.2, 0.25) is 0 Å². The van der Waals surface area contributed by atoms with Gasteiger partial charge in [-0.15, -0.1) is 11.3 Å². The van der Waals surface area contributed by atoms with Gasteiger partial charge in [-0.05, 0) is 33.9 Å². The van der Waals surface area contributed by atoms with Crippen molar-refractivity contribution in [2.24, 2.45) is 0 Å². The van der Waals surface area contributed by atoms with E-state index in [1.54, 1.807) is 0 Å². The van der Waals surface area contributed by atoms with Crippen molar-refractivity contribution in [3.8, 4) is 33.4 Å². The quantitative estimate of drug-likeness (QED) is 0.303. The van der Waals surface area contributed by atoms with E-state index in [1.165, 1.54) is 11.3 Å². The molecule has 0 bridgehead atoms. The summed E-state index contributed by atoms with van der Waals surface area (Å²) >= 11 is 6.37. The molecule has 31 heavy (non-hydrogen) atoms. The molecule has 1 atom stereocenters. The molecule has 0 saturated carbocycles. The molecule has 0 saturated heterocycles. The second kappa shape index (κ2) is 8.02. The van der Waals surface area contributed by atoms with Gasteiger partial charge in [0.1, 0.15) is 4.21 Å². The minimum Gasteiger partial charge on any atom is -0.301 e. The predicted molar refractivity (Wildman–Crippen MR) is 135 cm³/mol. The Bertz CT molecular complexity index is 1470. The molecule has 152 valence electrons. The average Bonchev–Trinajstić information content (AvgIpc) is 3.20. The highest BCUT2D eigenvalue weighted by Crippen LogP contribution is 2.48. The highest BCUT2D eigenvalue weighted by Gasteiger charge is 2.25. The summed E-state index contributed by atoms with van der Waals surface area (Å²) in [7, 11) is -3.57. The highest BCUT2D eigenvalue weighted by molar-refractivity contribution is 8.30. The SMILES string of the molecule is O=S(O)(=S)c1sc2ccc(-c3ccccc3)c(-c3ccccc3)c2c1-c1ccccc1. The number of benzene rings is 4. The number of rotatable bonds is 4. The summed E-state index contributed by atoms with van der Waals surface area (Å²) in [6.45, 7) is 0. The van der Waals surface area contributed by atoms with E-state index in [0.29, 0.717) is 4.21 Å². The lowest BCUT2D eigenvalue weighted by atomic mass is 9.89. The van der Waals surface area contributed by atoms with Crippen molar-refractivity contribution in [1.29, 1.82) is 0 Å². The lowest BCUT2D eigenvalue weighted by Gasteiger charge is -2.14. The maximum atomic E-state index is 12.7. The Morgan fingerprint density at radius 1 is 0.645 bits per heavy atom. The third-order valence-corrected chi connectivity index (χ3v) is 8.63. The lowest BCUT2D eigenvalue weighted by Crippen LogP contribution is -1.95. The molecule has 5 aromatic rings. The summed E-state index contributed by atoms with van der Waals surface area (Å²) < 4.78 is 24.5. The van der Waals surface area contributed by atoms with E-state index in [1.807, 2.05) is 72.8 Å². The second-order valence-corrected chi connectivity index (χ2v) is 11.2. The monoisotopic (exact) mass is 458 g/mol. The van der Waals surface area contributed by atoms with Crippen LogP contribution in [0.1, 0.15) is 0 Å². The van der Waals surface area contributed by atoms with Crippen LogP contribution in [0.4, 0.5) is 0 Å². The molecule has 0 aliphatic carbocycles. The standard InChI is InChI=1S/C26H18O2S3/c27-31(28,29)26-24(20-14-8-3-9-15-20)25-22(30-26)17-16-21(18-10-4-1-5-11-18)23(25)19-12-6-2-7-13-19/h1-17H,(H,27,28,29). The molecule has 0 aliphatic rings. The highest BCUT2D eigenvalue weighted by atomic mass is 32.8. The van der Waals surface area contributed by atoms with Gasteiger partial charge < -0.3 is 4.55 Å². The Kier molecular flexibility index (Phi) is 5.20. The molecule has 0 aliphatic heterocycles. The molecule has 5 rings (SSSR count).